The molecule has 1 fully saturated rings. The number of aryl methyl sites for hydroxylation is 1. The lowest BCUT2D eigenvalue weighted by atomic mass is 10.1. The number of rotatable bonds is 3. The maximum absolute atomic E-state index is 5.62. The van der Waals surface area contributed by atoms with Crippen LogP contribution in [-0.2, 0) is 15.9 Å². The van der Waals surface area contributed by atoms with Gasteiger partial charge in [0.1, 0.15) is 0 Å². The first-order valence-corrected chi connectivity index (χ1v) is 5.39. The third kappa shape index (κ3) is 2.37. The summed E-state index contributed by atoms with van der Waals surface area (Å²) in [6, 6.07) is 8.33. The summed E-state index contributed by atoms with van der Waals surface area (Å²) in [5.74, 6) is 0. The fourth-order valence-electron chi connectivity index (χ4n) is 1.66. The lowest BCUT2D eigenvalue weighted by molar-refractivity contribution is -0.0585. The van der Waals surface area contributed by atoms with Gasteiger partial charge >= 0.3 is 0 Å². The van der Waals surface area contributed by atoms with Gasteiger partial charge in [0.15, 0.2) is 6.29 Å². The van der Waals surface area contributed by atoms with Crippen molar-refractivity contribution >= 4 is 0 Å². The number of benzene rings is 1. The van der Waals surface area contributed by atoms with E-state index < -0.39 is 0 Å². The molecule has 0 radical (unpaired) electrons. The van der Waals surface area contributed by atoms with E-state index in [0.29, 0.717) is 13.2 Å². The van der Waals surface area contributed by atoms with E-state index in [1.54, 1.807) is 0 Å². The van der Waals surface area contributed by atoms with Crippen molar-refractivity contribution in [3.05, 3.63) is 35.4 Å². The fourth-order valence-corrected chi connectivity index (χ4v) is 1.66. The minimum Gasteiger partial charge on any atom is -0.346 e. The third-order valence-corrected chi connectivity index (χ3v) is 2.67. The van der Waals surface area contributed by atoms with Gasteiger partial charge in [-0.15, -0.1) is 0 Å². The van der Waals surface area contributed by atoms with Gasteiger partial charge in [0.2, 0.25) is 0 Å². The first-order chi connectivity index (χ1) is 7.33. The summed E-state index contributed by atoms with van der Waals surface area (Å²) in [6.45, 7) is 3.25. The molecule has 0 amide bonds. The smallest absolute Gasteiger partial charge is 0.184 e. The van der Waals surface area contributed by atoms with Crippen molar-refractivity contribution in [2.45, 2.75) is 25.7 Å². The molecule has 1 saturated heterocycles. The largest absolute Gasteiger partial charge is 0.346 e. The van der Waals surface area contributed by atoms with Crippen LogP contribution in [0.5, 0.6) is 0 Å². The summed E-state index contributed by atoms with van der Waals surface area (Å²) < 4.78 is 11.1. The highest BCUT2D eigenvalue weighted by molar-refractivity contribution is 5.23. The zero-order chi connectivity index (χ0) is 10.7. The molecule has 1 aromatic carbocycles. The monoisotopic (exact) mass is 207 g/mol. The molecule has 82 valence electrons. The molecule has 1 aromatic rings. The summed E-state index contributed by atoms with van der Waals surface area (Å²) in [5.41, 5.74) is 7.91. The van der Waals surface area contributed by atoms with Gasteiger partial charge < -0.3 is 15.2 Å². The summed E-state index contributed by atoms with van der Waals surface area (Å²) in [7, 11) is 0. The van der Waals surface area contributed by atoms with Crippen molar-refractivity contribution in [2.24, 2.45) is 5.73 Å². The highest BCUT2D eigenvalue weighted by Gasteiger charge is 2.25. The molecule has 0 saturated carbocycles. The van der Waals surface area contributed by atoms with Crippen LogP contribution in [0.2, 0.25) is 0 Å². The Labute approximate surface area is 90.2 Å². The Morgan fingerprint density at radius 2 is 2.07 bits per heavy atom. The van der Waals surface area contributed by atoms with Crippen molar-refractivity contribution in [3.8, 4) is 0 Å². The average molecular weight is 207 g/mol. The van der Waals surface area contributed by atoms with E-state index in [1.807, 2.05) is 0 Å². The lowest BCUT2D eigenvalue weighted by Crippen LogP contribution is -2.21. The van der Waals surface area contributed by atoms with Gasteiger partial charge in [-0.1, -0.05) is 31.2 Å². The summed E-state index contributed by atoms with van der Waals surface area (Å²) in [5, 5.41) is 0. The molecule has 0 aromatic heterocycles. The Morgan fingerprint density at radius 3 is 2.60 bits per heavy atom. The Kier molecular flexibility index (Phi) is 3.36. The maximum Gasteiger partial charge on any atom is 0.184 e. The van der Waals surface area contributed by atoms with Crippen molar-refractivity contribution in [1.29, 1.82) is 0 Å². The lowest BCUT2D eigenvalue weighted by Gasteiger charge is -2.11. The molecule has 2 atom stereocenters. The first-order valence-electron chi connectivity index (χ1n) is 5.39. The highest BCUT2D eigenvalue weighted by atomic mass is 16.7. The Hall–Kier alpha value is -0.900. The predicted molar refractivity (Wildman–Crippen MR) is 58.4 cm³/mol. The van der Waals surface area contributed by atoms with Crippen LogP contribution >= 0.6 is 0 Å². The first kappa shape index (κ1) is 10.6. The van der Waals surface area contributed by atoms with E-state index in [2.05, 4.69) is 31.2 Å². The number of hydrogen-bond donors (Lipinski definition) is 1. The van der Waals surface area contributed by atoms with Crippen LogP contribution in [0.4, 0.5) is 0 Å². The molecule has 15 heavy (non-hydrogen) atoms. The fraction of sp³-hybridized carbons (Fsp3) is 0.500. The van der Waals surface area contributed by atoms with Crippen molar-refractivity contribution in [1.82, 2.24) is 0 Å². The highest BCUT2D eigenvalue weighted by Crippen LogP contribution is 2.26. The molecule has 0 spiro atoms. The van der Waals surface area contributed by atoms with Gasteiger partial charge in [-0.2, -0.15) is 0 Å². The number of hydrogen-bond acceptors (Lipinski definition) is 3. The second-order valence-electron chi connectivity index (χ2n) is 3.75. The molecule has 1 aliphatic rings. The van der Waals surface area contributed by atoms with Gasteiger partial charge in [-0.3, -0.25) is 0 Å². The van der Waals surface area contributed by atoms with Crippen LogP contribution in [-0.4, -0.2) is 19.3 Å². The second-order valence-corrected chi connectivity index (χ2v) is 3.75. The third-order valence-electron chi connectivity index (χ3n) is 2.67. The van der Waals surface area contributed by atoms with Gasteiger partial charge in [0.25, 0.3) is 0 Å². The molecule has 2 rings (SSSR count). The van der Waals surface area contributed by atoms with Gasteiger partial charge in [-0.25, -0.2) is 0 Å². The van der Waals surface area contributed by atoms with Crippen LogP contribution in [0.1, 0.15) is 24.3 Å². The molecule has 1 heterocycles. The zero-order valence-corrected chi connectivity index (χ0v) is 8.98. The number of ether oxygens (including phenoxy) is 2. The van der Waals surface area contributed by atoms with E-state index in [0.717, 1.165) is 12.0 Å². The SMILES string of the molecule is CCc1ccc(C2OCC(CN)O2)cc1. The quantitative estimate of drug-likeness (QED) is 0.819. The van der Waals surface area contributed by atoms with Crippen LogP contribution in [0, 0.1) is 0 Å². The topological polar surface area (TPSA) is 44.5 Å². The summed E-state index contributed by atoms with van der Waals surface area (Å²) in [4.78, 5) is 0. The Bertz CT molecular complexity index is 310. The molecule has 0 bridgehead atoms. The summed E-state index contributed by atoms with van der Waals surface area (Å²) in [6.07, 6.45) is 0.864. The molecular formula is C12H17NO2. The zero-order valence-electron chi connectivity index (χ0n) is 8.98. The van der Waals surface area contributed by atoms with E-state index >= 15 is 0 Å². The second kappa shape index (κ2) is 4.75. The minimum atomic E-state index is -0.232. The van der Waals surface area contributed by atoms with E-state index in [9.17, 15) is 0 Å². The average Bonchev–Trinajstić information content (AvgIpc) is 2.78. The van der Waals surface area contributed by atoms with Crippen molar-refractivity contribution in [2.75, 3.05) is 13.2 Å². The molecule has 2 unspecified atom stereocenters. The van der Waals surface area contributed by atoms with Crippen LogP contribution in [0.25, 0.3) is 0 Å². The molecule has 0 aliphatic carbocycles. The van der Waals surface area contributed by atoms with Crippen molar-refractivity contribution in [3.63, 3.8) is 0 Å². The van der Waals surface area contributed by atoms with Crippen LogP contribution in [0.3, 0.4) is 0 Å². The van der Waals surface area contributed by atoms with Gasteiger partial charge in [0.05, 0.1) is 12.7 Å². The minimum absolute atomic E-state index is 0.0425. The molecule has 3 heteroatoms. The van der Waals surface area contributed by atoms with E-state index in [4.69, 9.17) is 15.2 Å². The normalized spacial score (nSPS) is 25.7. The van der Waals surface area contributed by atoms with Gasteiger partial charge in [0, 0.05) is 12.1 Å². The van der Waals surface area contributed by atoms with E-state index in [1.165, 1.54) is 5.56 Å². The molecular weight excluding hydrogens is 190 g/mol. The van der Waals surface area contributed by atoms with E-state index in [-0.39, 0.29) is 12.4 Å². The maximum atomic E-state index is 5.62. The predicted octanol–water partition coefficient (Wildman–Crippen LogP) is 1.62. The van der Waals surface area contributed by atoms with Crippen LogP contribution < -0.4 is 5.73 Å². The van der Waals surface area contributed by atoms with Crippen LogP contribution in [0.15, 0.2) is 24.3 Å². The Morgan fingerprint density at radius 1 is 1.33 bits per heavy atom. The molecule has 3 nitrogen and oxygen atoms in total. The standard InChI is InChI=1S/C12H17NO2/c1-2-9-3-5-10(6-4-9)12-14-8-11(7-13)15-12/h3-6,11-12H,2,7-8,13H2,1H3. The summed E-state index contributed by atoms with van der Waals surface area (Å²) >= 11 is 0. The molecule has 2 N–H and O–H groups in total. The number of nitrogens with two attached hydrogens (primary N) is 1. The van der Waals surface area contributed by atoms with Gasteiger partial charge in [-0.05, 0) is 12.0 Å². The Balaban J connectivity index is 2.04. The van der Waals surface area contributed by atoms with Crippen molar-refractivity contribution < 1.29 is 9.47 Å². The molecule has 1 aliphatic heterocycles.